The highest BCUT2D eigenvalue weighted by atomic mass is 32.2. The third kappa shape index (κ3) is 4.48. The smallest absolute Gasteiger partial charge is 0.261 e. The summed E-state index contributed by atoms with van der Waals surface area (Å²) < 4.78 is 32.8. The summed E-state index contributed by atoms with van der Waals surface area (Å²) in [5.74, 6) is -0.611. The van der Waals surface area contributed by atoms with E-state index in [0.717, 1.165) is 0 Å². The van der Waals surface area contributed by atoms with Crippen LogP contribution in [0.1, 0.15) is 42.2 Å². The third-order valence-corrected chi connectivity index (χ3v) is 7.37. The molecule has 0 unspecified atom stereocenters. The summed E-state index contributed by atoms with van der Waals surface area (Å²) >= 11 is 0. The Kier molecular flexibility index (Phi) is 6.06. The molecule has 9 heteroatoms. The Morgan fingerprint density at radius 3 is 2.00 bits per heavy atom. The molecule has 0 aromatic heterocycles. The molecular formula is C28H20N2O6S. The van der Waals surface area contributed by atoms with Crippen molar-refractivity contribution in [3.63, 3.8) is 0 Å². The number of carbonyl (C=O) groups excluding carboxylic acids is 3. The van der Waals surface area contributed by atoms with Crippen LogP contribution in [-0.2, 0) is 10.0 Å². The highest BCUT2D eigenvalue weighted by Gasteiger charge is 2.31. The van der Waals surface area contributed by atoms with Crippen LogP contribution in [0.15, 0.2) is 95.9 Å². The van der Waals surface area contributed by atoms with Gasteiger partial charge in [0, 0.05) is 27.9 Å². The van der Waals surface area contributed by atoms with Crippen LogP contribution in [0.4, 0.5) is 11.4 Å². The van der Waals surface area contributed by atoms with Crippen molar-refractivity contribution in [3.8, 4) is 5.75 Å². The van der Waals surface area contributed by atoms with Crippen molar-refractivity contribution in [1.29, 1.82) is 0 Å². The Hall–Kier alpha value is -4.76. The molecule has 0 saturated heterocycles. The van der Waals surface area contributed by atoms with Gasteiger partial charge in [-0.2, -0.15) is 0 Å². The van der Waals surface area contributed by atoms with Crippen molar-refractivity contribution in [3.05, 3.63) is 119 Å². The minimum atomic E-state index is -3.84. The van der Waals surface area contributed by atoms with E-state index in [1.165, 1.54) is 43.5 Å². The first-order valence-electron chi connectivity index (χ1n) is 11.2. The van der Waals surface area contributed by atoms with E-state index < -0.39 is 15.9 Å². The molecule has 37 heavy (non-hydrogen) atoms. The number of ether oxygens (including phenoxy) is 1. The number of rotatable bonds is 6. The molecular weight excluding hydrogens is 492 g/mol. The van der Waals surface area contributed by atoms with E-state index in [0.29, 0.717) is 11.3 Å². The number of hydrogen-bond acceptors (Lipinski definition) is 6. The van der Waals surface area contributed by atoms with E-state index in [4.69, 9.17) is 4.74 Å². The van der Waals surface area contributed by atoms with Crippen molar-refractivity contribution in [1.82, 2.24) is 0 Å². The number of benzene rings is 4. The molecule has 1 aliphatic rings. The second kappa shape index (κ2) is 9.36. The average molecular weight is 513 g/mol. The Labute approximate surface area is 213 Å². The van der Waals surface area contributed by atoms with Gasteiger partial charge in [-0.15, -0.1) is 0 Å². The van der Waals surface area contributed by atoms with E-state index in [9.17, 15) is 22.8 Å². The normalized spacial score (nSPS) is 12.4. The van der Waals surface area contributed by atoms with Gasteiger partial charge in [-0.1, -0.05) is 36.4 Å². The van der Waals surface area contributed by atoms with E-state index in [1.807, 2.05) is 0 Å². The quantitative estimate of drug-likeness (QED) is 0.345. The lowest BCUT2D eigenvalue weighted by molar-refractivity contribution is 0.0978. The molecule has 0 radical (unpaired) electrons. The monoisotopic (exact) mass is 512 g/mol. The molecule has 184 valence electrons. The van der Waals surface area contributed by atoms with Gasteiger partial charge >= 0.3 is 0 Å². The Bertz CT molecular complexity index is 1660. The lowest BCUT2D eigenvalue weighted by atomic mass is 9.83. The number of ketones is 2. The van der Waals surface area contributed by atoms with Crippen LogP contribution in [0.2, 0.25) is 0 Å². The van der Waals surface area contributed by atoms with Crippen LogP contribution in [0.3, 0.4) is 0 Å². The number of methoxy groups -OCH3 is 1. The number of fused-ring (bicyclic) bond motifs is 2. The predicted molar refractivity (Wildman–Crippen MR) is 138 cm³/mol. The topological polar surface area (TPSA) is 119 Å². The van der Waals surface area contributed by atoms with Crippen LogP contribution in [-0.4, -0.2) is 33.0 Å². The first-order valence-corrected chi connectivity index (χ1v) is 12.7. The molecule has 1 aliphatic carbocycles. The maximum atomic E-state index is 13.1. The number of sulfonamides is 1. The molecule has 0 bridgehead atoms. The van der Waals surface area contributed by atoms with Crippen LogP contribution in [0.5, 0.6) is 5.75 Å². The van der Waals surface area contributed by atoms with Crippen LogP contribution in [0.25, 0.3) is 0 Å². The third-order valence-electron chi connectivity index (χ3n) is 5.97. The lowest BCUT2D eigenvalue weighted by Crippen LogP contribution is -2.23. The highest BCUT2D eigenvalue weighted by Crippen LogP contribution is 2.32. The van der Waals surface area contributed by atoms with Crippen molar-refractivity contribution in [2.24, 2.45) is 0 Å². The summed E-state index contributed by atoms with van der Waals surface area (Å²) in [5.41, 5.74) is 1.71. The first kappa shape index (κ1) is 24.0. The second-order valence-electron chi connectivity index (χ2n) is 8.24. The van der Waals surface area contributed by atoms with Gasteiger partial charge < -0.3 is 10.1 Å². The molecule has 0 fully saturated rings. The molecule has 0 heterocycles. The van der Waals surface area contributed by atoms with Gasteiger partial charge in [-0.3, -0.25) is 19.1 Å². The average Bonchev–Trinajstić information content (AvgIpc) is 2.92. The lowest BCUT2D eigenvalue weighted by Gasteiger charge is -2.20. The summed E-state index contributed by atoms with van der Waals surface area (Å²) in [4.78, 5) is 39.1. The predicted octanol–water partition coefficient (Wildman–Crippen LogP) is 4.52. The van der Waals surface area contributed by atoms with Crippen LogP contribution in [0, 0.1) is 0 Å². The van der Waals surface area contributed by atoms with Gasteiger partial charge in [0.15, 0.2) is 11.6 Å². The number of anilines is 2. The van der Waals surface area contributed by atoms with Gasteiger partial charge in [0.1, 0.15) is 5.75 Å². The fourth-order valence-electron chi connectivity index (χ4n) is 4.10. The number of amides is 1. The van der Waals surface area contributed by atoms with E-state index in [-0.39, 0.29) is 50.1 Å². The van der Waals surface area contributed by atoms with Crippen molar-refractivity contribution < 1.29 is 27.5 Å². The summed E-state index contributed by atoms with van der Waals surface area (Å²) in [7, 11) is -2.35. The van der Waals surface area contributed by atoms with Gasteiger partial charge in [-0.05, 0) is 54.6 Å². The summed E-state index contributed by atoms with van der Waals surface area (Å²) in [5, 5.41) is 2.71. The largest absolute Gasteiger partial charge is 0.497 e. The van der Waals surface area contributed by atoms with Gasteiger partial charge in [0.25, 0.3) is 15.9 Å². The Morgan fingerprint density at radius 2 is 1.35 bits per heavy atom. The number of carbonyl (C=O) groups is 3. The van der Waals surface area contributed by atoms with Crippen molar-refractivity contribution in [2.75, 3.05) is 17.1 Å². The molecule has 0 atom stereocenters. The summed E-state index contributed by atoms with van der Waals surface area (Å²) in [6.45, 7) is 0. The minimum absolute atomic E-state index is 0.0600. The first-order chi connectivity index (χ1) is 17.8. The molecule has 4 aromatic rings. The summed E-state index contributed by atoms with van der Waals surface area (Å²) in [6, 6.07) is 23.1. The fourth-order valence-corrected chi connectivity index (χ4v) is 5.16. The fraction of sp³-hybridized carbons (Fsp3) is 0.0357. The van der Waals surface area contributed by atoms with Crippen LogP contribution >= 0.6 is 0 Å². The van der Waals surface area contributed by atoms with Crippen molar-refractivity contribution >= 4 is 38.9 Å². The van der Waals surface area contributed by atoms with E-state index in [2.05, 4.69) is 10.0 Å². The zero-order chi connectivity index (χ0) is 26.2. The minimum Gasteiger partial charge on any atom is -0.497 e. The van der Waals surface area contributed by atoms with E-state index in [1.54, 1.807) is 54.6 Å². The SMILES string of the molecule is COc1ccc(S(=O)(=O)Nc2ccc(C(=O)Nc3cccc4c3C(=O)c3ccccc3C4=O)cc2)cc1. The number of hydrogen-bond donors (Lipinski definition) is 2. The van der Waals surface area contributed by atoms with Gasteiger partial charge in [0.05, 0.1) is 23.3 Å². The standard InChI is InChI=1S/C28H20N2O6S/c1-36-19-13-15-20(16-14-19)37(34,35)30-18-11-9-17(10-12-18)28(33)29-24-8-4-7-23-25(24)27(32)22-6-3-2-5-21(22)26(23)31/h2-16,30H,1H3,(H,29,33). The highest BCUT2D eigenvalue weighted by molar-refractivity contribution is 7.92. The molecule has 5 rings (SSSR count). The van der Waals surface area contributed by atoms with Gasteiger partial charge in [0.2, 0.25) is 0 Å². The van der Waals surface area contributed by atoms with Gasteiger partial charge in [-0.25, -0.2) is 8.42 Å². The molecule has 4 aromatic carbocycles. The number of nitrogens with one attached hydrogen (secondary N) is 2. The molecule has 8 nitrogen and oxygen atoms in total. The van der Waals surface area contributed by atoms with Crippen LogP contribution < -0.4 is 14.8 Å². The maximum Gasteiger partial charge on any atom is 0.261 e. The summed E-state index contributed by atoms with van der Waals surface area (Å²) in [6.07, 6.45) is 0. The van der Waals surface area contributed by atoms with E-state index >= 15 is 0 Å². The molecule has 0 saturated carbocycles. The maximum absolute atomic E-state index is 13.1. The Balaban J connectivity index is 1.35. The van der Waals surface area contributed by atoms with Crippen molar-refractivity contribution in [2.45, 2.75) is 4.90 Å². The zero-order valence-corrected chi connectivity index (χ0v) is 20.3. The molecule has 2 N–H and O–H groups in total. The second-order valence-corrected chi connectivity index (χ2v) is 9.93. The molecule has 1 amide bonds. The molecule has 0 spiro atoms. The zero-order valence-electron chi connectivity index (χ0n) is 19.5. The molecule has 0 aliphatic heterocycles. The Morgan fingerprint density at radius 1 is 0.730 bits per heavy atom.